The smallest absolute Gasteiger partial charge is 0.0631 e. The lowest BCUT2D eigenvalue weighted by atomic mass is 9.89. The van der Waals surface area contributed by atoms with Crippen molar-refractivity contribution in [2.75, 3.05) is 27.4 Å². The molecule has 1 fully saturated rings. The molecule has 4 atom stereocenters. The second-order valence-electron chi connectivity index (χ2n) is 7.43. The molecule has 0 radical (unpaired) electrons. The molecule has 1 unspecified atom stereocenters. The van der Waals surface area contributed by atoms with Gasteiger partial charge in [0.25, 0.3) is 0 Å². The number of rotatable bonds is 15. The molecular formula is C22H40O4. The van der Waals surface area contributed by atoms with Gasteiger partial charge >= 0.3 is 0 Å². The lowest BCUT2D eigenvalue weighted by molar-refractivity contribution is 0.120. The average molecular weight is 369 g/mol. The van der Waals surface area contributed by atoms with Crippen molar-refractivity contribution in [1.82, 2.24) is 0 Å². The largest absolute Gasteiger partial charge is 0.393 e. The van der Waals surface area contributed by atoms with E-state index in [1.165, 1.54) is 19.3 Å². The fourth-order valence-corrected chi connectivity index (χ4v) is 3.70. The lowest BCUT2D eigenvalue weighted by Gasteiger charge is -2.19. The highest BCUT2D eigenvalue weighted by Crippen LogP contribution is 2.36. The second kappa shape index (κ2) is 15.4. The zero-order valence-corrected chi connectivity index (χ0v) is 16.8. The van der Waals surface area contributed by atoms with Crippen LogP contribution in [-0.4, -0.2) is 49.9 Å². The molecule has 0 aliphatic heterocycles. The quantitative estimate of drug-likeness (QED) is 0.335. The molecule has 1 saturated carbocycles. The van der Waals surface area contributed by atoms with Crippen molar-refractivity contribution in [3.63, 3.8) is 0 Å². The number of aliphatic hydroxyl groups excluding tert-OH is 2. The third-order valence-electron chi connectivity index (χ3n) is 5.29. The monoisotopic (exact) mass is 368 g/mol. The van der Waals surface area contributed by atoms with Gasteiger partial charge in [0.2, 0.25) is 0 Å². The topological polar surface area (TPSA) is 58.9 Å². The van der Waals surface area contributed by atoms with Crippen LogP contribution >= 0.6 is 0 Å². The van der Waals surface area contributed by atoms with Crippen molar-refractivity contribution >= 4 is 0 Å². The maximum atomic E-state index is 10.3. The SMILES string of the molecule is COCCCC/C=C\CC1[C@H](O)C[C@H](O)[C@H]1/C=C/CCCCCCOC. The molecule has 0 saturated heterocycles. The lowest BCUT2D eigenvalue weighted by Crippen LogP contribution is -2.19. The van der Waals surface area contributed by atoms with E-state index in [4.69, 9.17) is 9.47 Å². The number of aliphatic hydroxyl groups is 2. The summed E-state index contributed by atoms with van der Waals surface area (Å²) < 4.78 is 10.1. The van der Waals surface area contributed by atoms with Crippen molar-refractivity contribution in [1.29, 1.82) is 0 Å². The Balaban J connectivity index is 2.27. The first-order valence-corrected chi connectivity index (χ1v) is 10.4. The van der Waals surface area contributed by atoms with Crippen LogP contribution in [0.3, 0.4) is 0 Å². The summed E-state index contributed by atoms with van der Waals surface area (Å²) in [6.45, 7) is 1.67. The first-order chi connectivity index (χ1) is 12.7. The Hall–Kier alpha value is -0.680. The number of unbranched alkanes of at least 4 members (excludes halogenated alkanes) is 6. The van der Waals surface area contributed by atoms with Gasteiger partial charge in [-0.2, -0.15) is 0 Å². The van der Waals surface area contributed by atoms with Gasteiger partial charge in [-0.3, -0.25) is 0 Å². The van der Waals surface area contributed by atoms with Crippen LogP contribution in [0, 0.1) is 11.8 Å². The molecule has 0 aromatic carbocycles. The molecule has 0 bridgehead atoms. The zero-order valence-electron chi connectivity index (χ0n) is 16.8. The molecule has 4 heteroatoms. The Morgan fingerprint density at radius 1 is 0.769 bits per heavy atom. The Bertz CT molecular complexity index is 380. The zero-order chi connectivity index (χ0) is 19.0. The van der Waals surface area contributed by atoms with Crippen LogP contribution in [-0.2, 0) is 9.47 Å². The summed E-state index contributed by atoms with van der Waals surface area (Å²) in [5.74, 6) is 0.217. The molecular weight excluding hydrogens is 328 g/mol. The average Bonchev–Trinajstić information content (AvgIpc) is 2.89. The number of hydrogen-bond donors (Lipinski definition) is 2. The Labute approximate surface area is 160 Å². The third kappa shape index (κ3) is 9.86. The van der Waals surface area contributed by atoms with Crippen molar-refractivity contribution in [3.8, 4) is 0 Å². The summed E-state index contributed by atoms with van der Waals surface area (Å²) >= 11 is 0. The van der Waals surface area contributed by atoms with Crippen molar-refractivity contribution in [3.05, 3.63) is 24.3 Å². The van der Waals surface area contributed by atoms with E-state index in [1.54, 1.807) is 14.2 Å². The minimum atomic E-state index is -0.414. The third-order valence-corrected chi connectivity index (χ3v) is 5.29. The van der Waals surface area contributed by atoms with Crippen molar-refractivity contribution in [2.45, 2.75) is 76.4 Å². The minimum Gasteiger partial charge on any atom is -0.393 e. The van der Waals surface area contributed by atoms with E-state index in [0.29, 0.717) is 6.42 Å². The maximum Gasteiger partial charge on any atom is 0.0631 e. The van der Waals surface area contributed by atoms with Gasteiger partial charge in [-0.1, -0.05) is 37.1 Å². The minimum absolute atomic E-state index is 0.0802. The summed E-state index contributed by atoms with van der Waals surface area (Å²) in [5.41, 5.74) is 0. The van der Waals surface area contributed by atoms with Gasteiger partial charge in [0.15, 0.2) is 0 Å². The number of methoxy groups -OCH3 is 2. The fraction of sp³-hybridized carbons (Fsp3) is 0.818. The normalized spacial score (nSPS) is 26.5. The standard InChI is InChI=1S/C22H40O4/c1-25-16-12-8-4-3-6-10-14-19-20(22(24)18-21(19)23)15-11-7-5-9-13-17-26-2/h7,10-11,14,19-24H,3-6,8-9,12-13,15-18H2,1-2H3/b11-7-,14-10+/t19-,20?,21-,22+/m0/s1. The van der Waals surface area contributed by atoms with Crippen molar-refractivity contribution < 1.29 is 19.7 Å². The van der Waals surface area contributed by atoms with Crippen LogP contribution in [0.2, 0.25) is 0 Å². The van der Waals surface area contributed by atoms with Gasteiger partial charge in [0, 0.05) is 39.8 Å². The van der Waals surface area contributed by atoms with Crippen LogP contribution in [0.5, 0.6) is 0 Å². The molecule has 1 aliphatic carbocycles. The second-order valence-corrected chi connectivity index (χ2v) is 7.43. The van der Waals surface area contributed by atoms with E-state index < -0.39 is 12.2 Å². The molecule has 1 aliphatic rings. The molecule has 0 heterocycles. The summed E-state index contributed by atoms with van der Waals surface area (Å²) in [6.07, 6.45) is 18.3. The highest BCUT2D eigenvalue weighted by molar-refractivity contribution is 5.04. The highest BCUT2D eigenvalue weighted by Gasteiger charge is 2.39. The molecule has 152 valence electrons. The molecule has 0 spiro atoms. The molecule has 0 aromatic heterocycles. The first kappa shape index (κ1) is 23.4. The van der Waals surface area contributed by atoms with Crippen LogP contribution in [0.1, 0.15) is 64.2 Å². The Kier molecular flexibility index (Phi) is 13.8. The number of ether oxygens (including phenoxy) is 2. The molecule has 4 nitrogen and oxygen atoms in total. The van der Waals surface area contributed by atoms with E-state index >= 15 is 0 Å². The van der Waals surface area contributed by atoms with Crippen molar-refractivity contribution in [2.24, 2.45) is 11.8 Å². The van der Waals surface area contributed by atoms with Crippen LogP contribution in [0.25, 0.3) is 0 Å². The predicted molar refractivity (Wildman–Crippen MR) is 107 cm³/mol. The van der Waals surface area contributed by atoms with Crippen LogP contribution in [0.15, 0.2) is 24.3 Å². The summed E-state index contributed by atoms with van der Waals surface area (Å²) in [5, 5.41) is 20.5. The van der Waals surface area contributed by atoms with Gasteiger partial charge in [-0.15, -0.1) is 0 Å². The van der Waals surface area contributed by atoms with Gasteiger partial charge in [-0.25, -0.2) is 0 Å². The van der Waals surface area contributed by atoms with Crippen LogP contribution < -0.4 is 0 Å². The van der Waals surface area contributed by atoms with Gasteiger partial charge in [0.05, 0.1) is 12.2 Å². The van der Waals surface area contributed by atoms with E-state index in [1.807, 2.05) is 0 Å². The summed E-state index contributed by atoms with van der Waals surface area (Å²) in [6, 6.07) is 0. The molecule has 1 rings (SSSR count). The fourth-order valence-electron chi connectivity index (χ4n) is 3.70. The van der Waals surface area contributed by atoms with Gasteiger partial charge < -0.3 is 19.7 Å². The maximum absolute atomic E-state index is 10.3. The van der Waals surface area contributed by atoms with E-state index in [9.17, 15) is 10.2 Å². The van der Waals surface area contributed by atoms with E-state index in [0.717, 1.165) is 51.7 Å². The predicted octanol–water partition coefficient (Wildman–Crippen LogP) is 4.26. The Morgan fingerprint density at radius 3 is 2.12 bits per heavy atom. The number of hydrogen-bond acceptors (Lipinski definition) is 4. The summed E-state index contributed by atoms with van der Waals surface area (Å²) in [7, 11) is 3.48. The van der Waals surface area contributed by atoms with E-state index in [2.05, 4.69) is 24.3 Å². The highest BCUT2D eigenvalue weighted by atomic mass is 16.5. The van der Waals surface area contributed by atoms with E-state index in [-0.39, 0.29) is 11.8 Å². The molecule has 0 amide bonds. The van der Waals surface area contributed by atoms with Gasteiger partial charge in [0.1, 0.15) is 0 Å². The Morgan fingerprint density at radius 2 is 1.38 bits per heavy atom. The summed E-state index contributed by atoms with van der Waals surface area (Å²) in [4.78, 5) is 0. The molecule has 26 heavy (non-hydrogen) atoms. The van der Waals surface area contributed by atoms with Crippen LogP contribution in [0.4, 0.5) is 0 Å². The molecule has 0 aromatic rings. The molecule has 2 N–H and O–H groups in total. The number of allylic oxidation sites excluding steroid dienone is 3. The first-order valence-electron chi connectivity index (χ1n) is 10.4. The van der Waals surface area contributed by atoms with Gasteiger partial charge in [-0.05, 0) is 50.9 Å².